The molecule has 0 saturated heterocycles. The van der Waals surface area contributed by atoms with E-state index in [0.29, 0.717) is 34.1 Å². The van der Waals surface area contributed by atoms with Crippen LogP contribution in [0, 0.1) is 0 Å². The van der Waals surface area contributed by atoms with Gasteiger partial charge in [0.05, 0.1) is 28.4 Å². The van der Waals surface area contributed by atoms with Crippen LogP contribution in [0.15, 0.2) is 42.0 Å². The summed E-state index contributed by atoms with van der Waals surface area (Å²) in [6.07, 6.45) is 0. The van der Waals surface area contributed by atoms with E-state index in [9.17, 15) is 9.90 Å². The van der Waals surface area contributed by atoms with Crippen molar-refractivity contribution in [3.63, 3.8) is 0 Å². The number of ketones is 1. The van der Waals surface area contributed by atoms with E-state index in [2.05, 4.69) is 0 Å². The van der Waals surface area contributed by atoms with Gasteiger partial charge < -0.3 is 24.1 Å². The summed E-state index contributed by atoms with van der Waals surface area (Å²) in [7, 11) is 6.05. The lowest BCUT2D eigenvalue weighted by atomic mass is 10.00. The zero-order valence-electron chi connectivity index (χ0n) is 15.5. The number of rotatable bonds is 7. The van der Waals surface area contributed by atoms with Crippen molar-refractivity contribution in [2.75, 3.05) is 28.4 Å². The summed E-state index contributed by atoms with van der Waals surface area (Å²) in [5, 5.41) is 10.5. The lowest BCUT2D eigenvalue weighted by Gasteiger charge is -2.12. The van der Waals surface area contributed by atoms with Crippen LogP contribution in [0.25, 0.3) is 5.76 Å². The van der Waals surface area contributed by atoms with Crippen LogP contribution in [0.5, 0.6) is 23.0 Å². The van der Waals surface area contributed by atoms with Gasteiger partial charge in [0.15, 0.2) is 28.8 Å². The number of hydrogen-bond acceptors (Lipinski definition) is 6. The zero-order chi connectivity index (χ0) is 19.3. The Morgan fingerprint density at radius 1 is 0.731 bits per heavy atom. The highest BCUT2D eigenvalue weighted by Crippen LogP contribution is 2.32. The van der Waals surface area contributed by atoms with Gasteiger partial charge in [-0.05, 0) is 43.3 Å². The van der Waals surface area contributed by atoms with Gasteiger partial charge >= 0.3 is 0 Å². The van der Waals surface area contributed by atoms with Gasteiger partial charge in [-0.25, -0.2) is 0 Å². The van der Waals surface area contributed by atoms with Crippen molar-refractivity contribution < 1.29 is 28.8 Å². The summed E-state index contributed by atoms with van der Waals surface area (Å²) >= 11 is 0. The number of hydrogen-bond donors (Lipinski definition) is 1. The van der Waals surface area contributed by atoms with Crippen LogP contribution in [0.2, 0.25) is 0 Å². The Morgan fingerprint density at radius 2 is 1.15 bits per heavy atom. The summed E-state index contributed by atoms with van der Waals surface area (Å²) in [6, 6.07) is 9.77. The van der Waals surface area contributed by atoms with E-state index in [1.54, 1.807) is 43.3 Å². The standard InChI is InChI=1S/C20H22O6/c1-12(19(21)13-6-8-15(23-2)17(10-13)25-4)20(22)14-7-9-16(24-3)18(11-14)26-5/h6-11,21H,1-5H3. The summed E-state index contributed by atoms with van der Waals surface area (Å²) in [5.41, 5.74) is 1.03. The number of carbonyl (C=O) groups excluding carboxylic acids is 1. The molecule has 0 saturated carbocycles. The van der Waals surface area contributed by atoms with Crippen molar-refractivity contribution >= 4 is 11.5 Å². The second-order valence-electron chi connectivity index (χ2n) is 5.44. The third-order valence-electron chi connectivity index (χ3n) is 4.00. The Bertz CT molecular complexity index is 838. The minimum absolute atomic E-state index is 0.134. The van der Waals surface area contributed by atoms with Gasteiger partial charge in [0.25, 0.3) is 0 Å². The van der Waals surface area contributed by atoms with E-state index in [1.165, 1.54) is 28.4 Å². The summed E-state index contributed by atoms with van der Waals surface area (Å²) < 4.78 is 20.8. The SMILES string of the molecule is COc1ccc(C(=O)C(C)=C(O)c2ccc(OC)c(OC)c2)cc1OC. The molecule has 0 radical (unpaired) electrons. The first-order valence-electron chi connectivity index (χ1n) is 7.85. The largest absolute Gasteiger partial charge is 0.507 e. The van der Waals surface area contributed by atoms with Gasteiger partial charge in [-0.3, -0.25) is 4.79 Å². The molecule has 0 spiro atoms. The Kier molecular flexibility index (Phi) is 6.11. The monoisotopic (exact) mass is 358 g/mol. The highest BCUT2D eigenvalue weighted by atomic mass is 16.5. The van der Waals surface area contributed by atoms with Gasteiger partial charge in [0, 0.05) is 16.7 Å². The van der Waals surface area contributed by atoms with Crippen molar-refractivity contribution in [1.29, 1.82) is 0 Å². The van der Waals surface area contributed by atoms with Crippen LogP contribution < -0.4 is 18.9 Å². The molecule has 0 aliphatic carbocycles. The molecule has 1 N–H and O–H groups in total. The summed E-state index contributed by atoms with van der Waals surface area (Å²) in [6.45, 7) is 1.56. The molecule has 0 fully saturated rings. The van der Waals surface area contributed by atoms with Gasteiger partial charge in [-0.15, -0.1) is 0 Å². The smallest absolute Gasteiger partial charge is 0.192 e. The predicted molar refractivity (Wildman–Crippen MR) is 98.6 cm³/mol. The van der Waals surface area contributed by atoms with Crippen molar-refractivity contribution in [2.24, 2.45) is 0 Å². The molecule has 6 nitrogen and oxygen atoms in total. The fraction of sp³-hybridized carbons (Fsp3) is 0.250. The second-order valence-corrected chi connectivity index (χ2v) is 5.44. The second kappa shape index (κ2) is 8.29. The molecule has 0 aliphatic rings. The Labute approximate surface area is 152 Å². The quantitative estimate of drug-likeness (QED) is 0.460. The van der Waals surface area contributed by atoms with E-state index in [-0.39, 0.29) is 17.1 Å². The van der Waals surface area contributed by atoms with E-state index in [1.807, 2.05) is 0 Å². The predicted octanol–water partition coefficient (Wildman–Crippen LogP) is 3.89. The minimum atomic E-state index is -0.321. The number of aliphatic hydroxyl groups excluding tert-OH is 1. The topological polar surface area (TPSA) is 74.2 Å². The van der Waals surface area contributed by atoms with Gasteiger partial charge in [-0.2, -0.15) is 0 Å². The van der Waals surface area contributed by atoms with Crippen molar-refractivity contribution in [1.82, 2.24) is 0 Å². The first-order valence-corrected chi connectivity index (χ1v) is 7.85. The number of aliphatic hydroxyl groups is 1. The molecule has 138 valence electrons. The molecule has 26 heavy (non-hydrogen) atoms. The average Bonchev–Trinajstić information content (AvgIpc) is 2.70. The third-order valence-corrected chi connectivity index (χ3v) is 4.00. The van der Waals surface area contributed by atoms with Crippen LogP contribution in [0.3, 0.4) is 0 Å². The molecule has 6 heteroatoms. The van der Waals surface area contributed by atoms with E-state index >= 15 is 0 Å². The first-order chi connectivity index (χ1) is 12.5. The van der Waals surface area contributed by atoms with E-state index < -0.39 is 0 Å². The molecular weight excluding hydrogens is 336 g/mol. The van der Waals surface area contributed by atoms with Crippen LogP contribution in [-0.4, -0.2) is 39.3 Å². The maximum atomic E-state index is 12.7. The molecule has 0 amide bonds. The zero-order valence-corrected chi connectivity index (χ0v) is 15.5. The molecule has 0 bridgehead atoms. The molecule has 0 aliphatic heterocycles. The summed E-state index contributed by atoms with van der Waals surface area (Å²) in [4.78, 5) is 12.7. The number of allylic oxidation sites excluding steroid dienone is 1. The van der Waals surface area contributed by atoms with E-state index in [0.717, 1.165) is 0 Å². The van der Waals surface area contributed by atoms with Gasteiger partial charge in [-0.1, -0.05) is 0 Å². The van der Waals surface area contributed by atoms with Gasteiger partial charge in [0.1, 0.15) is 5.76 Å². The van der Waals surface area contributed by atoms with Crippen molar-refractivity contribution in [2.45, 2.75) is 6.92 Å². The lowest BCUT2D eigenvalue weighted by molar-refractivity contribution is 0.103. The number of benzene rings is 2. The number of carbonyl (C=O) groups is 1. The molecule has 2 aromatic carbocycles. The molecular formula is C20H22O6. The average molecular weight is 358 g/mol. The molecule has 2 aromatic rings. The van der Waals surface area contributed by atoms with Crippen molar-refractivity contribution in [3.8, 4) is 23.0 Å². The molecule has 0 aromatic heterocycles. The van der Waals surface area contributed by atoms with Gasteiger partial charge in [0.2, 0.25) is 0 Å². The van der Waals surface area contributed by atoms with Crippen LogP contribution in [0.4, 0.5) is 0 Å². The van der Waals surface area contributed by atoms with Crippen molar-refractivity contribution in [3.05, 3.63) is 53.1 Å². The maximum Gasteiger partial charge on any atom is 0.192 e. The normalized spacial score (nSPS) is 11.4. The Hall–Kier alpha value is -3.15. The highest BCUT2D eigenvalue weighted by molar-refractivity contribution is 6.12. The van der Waals surface area contributed by atoms with Crippen LogP contribution in [0.1, 0.15) is 22.8 Å². The lowest BCUT2D eigenvalue weighted by Crippen LogP contribution is -2.05. The fourth-order valence-corrected chi connectivity index (χ4v) is 2.50. The number of methoxy groups -OCH3 is 4. The Balaban J connectivity index is 2.42. The highest BCUT2D eigenvalue weighted by Gasteiger charge is 2.17. The molecule has 0 atom stereocenters. The fourth-order valence-electron chi connectivity index (χ4n) is 2.50. The van der Waals surface area contributed by atoms with E-state index in [4.69, 9.17) is 18.9 Å². The third kappa shape index (κ3) is 3.74. The Morgan fingerprint density at radius 3 is 1.62 bits per heavy atom. The number of ether oxygens (including phenoxy) is 4. The van der Waals surface area contributed by atoms with Crippen LogP contribution >= 0.6 is 0 Å². The minimum Gasteiger partial charge on any atom is -0.507 e. The maximum absolute atomic E-state index is 12.7. The molecule has 0 heterocycles. The molecule has 0 unspecified atom stereocenters. The van der Waals surface area contributed by atoms with Crippen LogP contribution in [-0.2, 0) is 0 Å². The first kappa shape index (κ1) is 19.2. The molecule has 2 rings (SSSR count). The number of Topliss-reactive ketones (excluding diaryl/α,β-unsaturated/α-hetero) is 1. The summed E-state index contributed by atoms with van der Waals surface area (Å²) in [5.74, 6) is 1.51.